The minimum Gasteiger partial charge on any atom is -0.435 e. The predicted octanol–water partition coefficient (Wildman–Crippen LogP) is 5.71. The van der Waals surface area contributed by atoms with E-state index in [1.165, 1.54) is 24.3 Å². The lowest BCUT2D eigenvalue weighted by atomic mass is 10.2. The van der Waals surface area contributed by atoms with Crippen LogP contribution in [0, 0.1) is 13.8 Å². The van der Waals surface area contributed by atoms with Gasteiger partial charge in [0, 0.05) is 5.56 Å². The summed E-state index contributed by atoms with van der Waals surface area (Å²) in [6.45, 7) is 1.17. The van der Waals surface area contributed by atoms with Crippen LogP contribution in [0.1, 0.15) is 27.3 Å². The second-order valence-corrected chi connectivity index (χ2v) is 7.12. The van der Waals surface area contributed by atoms with Crippen molar-refractivity contribution in [2.45, 2.75) is 27.0 Å². The van der Waals surface area contributed by atoms with Gasteiger partial charge < -0.3 is 10.1 Å². The summed E-state index contributed by atoms with van der Waals surface area (Å²) in [7, 11) is 0. The van der Waals surface area contributed by atoms with Gasteiger partial charge in [-0.3, -0.25) is 9.48 Å². The molecular weight excluding hydrogens is 423 g/mol. The molecule has 0 saturated carbocycles. The quantitative estimate of drug-likeness (QED) is 0.535. The van der Waals surface area contributed by atoms with Crippen molar-refractivity contribution >= 4 is 34.8 Å². The lowest BCUT2D eigenvalue weighted by molar-refractivity contribution is -0.0498. The highest BCUT2D eigenvalue weighted by Gasteiger charge is 2.16. The molecule has 9 heteroatoms. The molecule has 3 rings (SSSR count). The molecule has 0 saturated heterocycles. The Labute approximate surface area is 176 Å². The Balaban J connectivity index is 1.75. The Morgan fingerprint density at radius 3 is 2.45 bits per heavy atom. The average Bonchev–Trinajstić information content (AvgIpc) is 2.92. The van der Waals surface area contributed by atoms with Crippen molar-refractivity contribution in [2.24, 2.45) is 0 Å². The highest BCUT2D eigenvalue weighted by atomic mass is 35.5. The molecule has 1 amide bonds. The van der Waals surface area contributed by atoms with E-state index in [-0.39, 0.29) is 11.7 Å². The molecule has 1 heterocycles. The lowest BCUT2D eigenvalue weighted by Gasteiger charge is -2.09. The number of halogens is 4. The van der Waals surface area contributed by atoms with Crippen LogP contribution < -0.4 is 10.1 Å². The molecule has 2 aromatic carbocycles. The van der Waals surface area contributed by atoms with Crippen molar-refractivity contribution in [2.75, 3.05) is 5.32 Å². The fourth-order valence-corrected chi connectivity index (χ4v) is 3.14. The molecule has 0 unspecified atom stereocenters. The number of aromatic nitrogens is 2. The highest BCUT2D eigenvalue weighted by Crippen LogP contribution is 2.25. The highest BCUT2D eigenvalue weighted by molar-refractivity contribution is 6.42. The summed E-state index contributed by atoms with van der Waals surface area (Å²) in [5, 5.41) is 8.23. The predicted molar refractivity (Wildman–Crippen MR) is 108 cm³/mol. The van der Waals surface area contributed by atoms with Gasteiger partial charge in [0.15, 0.2) is 0 Å². The Bertz CT molecular complexity index is 1040. The molecule has 3 aromatic rings. The van der Waals surface area contributed by atoms with E-state index in [1.807, 2.05) is 13.0 Å². The zero-order valence-electron chi connectivity index (χ0n) is 15.5. The van der Waals surface area contributed by atoms with Gasteiger partial charge in [0.2, 0.25) is 0 Å². The number of alkyl halides is 2. The maximum atomic E-state index is 12.5. The number of nitrogens with zero attached hydrogens (tertiary/aromatic N) is 2. The summed E-state index contributed by atoms with van der Waals surface area (Å²) in [6.07, 6.45) is 0. The summed E-state index contributed by atoms with van der Waals surface area (Å²) in [5.41, 5.74) is 3.22. The number of anilines is 1. The number of aryl methyl sites for hydroxylation is 1. The van der Waals surface area contributed by atoms with Gasteiger partial charge in [0.25, 0.3) is 5.91 Å². The van der Waals surface area contributed by atoms with Crippen molar-refractivity contribution in [3.05, 3.63) is 75.0 Å². The van der Waals surface area contributed by atoms with Crippen molar-refractivity contribution < 1.29 is 18.3 Å². The van der Waals surface area contributed by atoms with Crippen LogP contribution in [0.2, 0.25) is 10.0 Å². The van der Waals surface area contributed by atoms with Gasteiger partial charge in [0.05, 0.1) is 33.7 Å². The maximum absolute atomic E-state index is 12.5. The summed E-state index contributed by atoms with van der Waals surface area (Å²) in [4.78, 5) is 12.5. The van der Waals surface area contributed by atoms with Crippen LogP contribution in [-0.2, 0) is 6.54 Å². The molecule has 0 fully saturated rings. The second kappa shape index (κ2) is 8.80. The van der Waals surface area contributed by atoms with Gasteiger partial charge in [-0.1, -0.05) is 29.3 Å². The number of carbonyl (C=O) groups is 1. The molecule has 5 nitrogen and oxygen atoms in total. The van der Waals surface area contributed by atoms with Crippen molar-refractivity contribution in [3.63, 3.8) is 0 Å². The second-order valence-electron chi connectivity index (χ2n) is 6.31. The van der Waals surface area contributed by atoms with Crippen LogP contribution in [0.4, 0.5) is 14.5 Å². The summed E-state index contributed by atoms with van der Waals surface area (Å²) in [6, 6.07) is 10.8. The molecular formula is C20H17Cl2F2N3O2. The molecule has 0 spiro atoms. The van der Waals surface area contributed by atoms with E-state index in [9.17, 15) is 13.6 Å². The van der Waals surface area contributed by atoms with Crippen LogP contribution in [0.15, 0.2) is 42.5 Å². The van der Waals surface area contributed by atoms with E-state index in [1.54, 1.807) is 23.7 Å². The number of hydrogen-bond donors (Lipinski definition) is 1. The minimum atomic E-state index is -2.92. The topological polar surface area (TPSA) is 56.2 Å². The number of nitrogens with one attached hydrogen (secondary N) is 1. The smallest absolute Gasteiger partial charge is 0.387 e. The first-order valence-corrected chi connectivity index (χ1v) is 9.34. The fraction of sp³-hybridized carbons (Fsp3) is 0.200. The number of hydrogen-bond acceptors (Lipinski definition) is 3. The van der Waals surface area contributed by atoms with E-state index >= 15 is 0 Å². The first-order valence-electron chi connectivity index (χ1n) is 8.58. The molecule has 29 heavy (non-hydrogen) atoms. The lowest BCUT2D eigenvalue weighted by Crippen LogP contribution is -2.13. The number of carbonyl (C=O) groups excluding carboxylic acids is 1. The van der Waals surface area contributed by atoms with Crippen molar-refractivity contribution in [1.82, 2.24) is 9.78 Å². The van der Waals surface area contributed by atoms with Crippen LogP contribution in [0.25, 0.3) is 0 Å². The van der Waals surface area contributed by atoms with Crippen molar-refractivity contribution in [3.8, 4) is 5.75 Å². The molecule has 0 radical (unpaired) electrons. The minimum absolute atomic E-state index is 0.0154. The monoisotopic (exact) mass is 439 g/mol. The molecule has 0 aliphatic carbocycles. The zero-order valence-corrected chi connectivity index (χ0v) is 17.1. The normalized spacial score (nSPS) is 11.0. The van der Waals surface area contributed by atoms with Crippen LogP contribution in [0.3, 0.4) is 0 Å². The largest absolute Gasteiger partial charge is 0.435 e. The van der Waals surface area contributed by atoms with Crippen molar-refractivity contribution in [1.29, 1.82) is 0 Å². The van der Waals surface area contributed by atoms with Gasteiger partial charge in [0.1, 0.15) is 5.75 Å². The van der Waals surface area contributed by atoms with E-state index < -0.39 is 6.61 Å². The Morgan fingerprint density at radius 2 is 1.83 bits per heavy atom. The van der Waals surface area contributed by atoms with Gasteiger partial charge in [-0.25, -0.2) is 0 Å². The van der Waals surface area contributed by atoms with E-state index in [0.29, 0.717) is 33.5 Å². The SMILES string of the molecule is Cc1nn(Cc2ccc(Cl)c(Cl)c2)c(C)c1NC(=O)c1ccc(OC(F)F)cc1. The fourth-order valence-electron chi connectivity index (χ4n) is 2.82. The molecule has 0 aliphatic rings. The molecule has 0 aliphatic heterocycles. The third-order valence-electron chi connectivity index (χ3n) is 4.28. The molecule has 0 atom stereocenters. The molecule has 1 N–H and O–H groups in total. The standard InChI is InChI=1S/C20H17Cl2F2N3O2/c1-11-18(25-19(28)14-4-6-15(7-5-14)29-20(23)24)12(2)27(26-11)10-13-3-8-16(21)17(22)9-13/h3-9,20H,10H2,1-2H3,(H,25,28). The molecule has 1 aromatic heterocycles. The van der Waals surface area contributed by atoms with Gasteiger partial charge in [-0.2, -0.15) is 13.9 Å². The van der Waals surface area contributed by atoms with Gasteiger partial charge in [-0.15, -0.1) is 0 Å². The zero-order chi connectivity index (χ0) is 21.1. The van der Waals surface area contributed by atoms with Crippen LogP contribution in [0.5, 0.6) is 5.75 Å². The van der Waals surface area contributed by atoms with E-state index in [2.05, 4.69) is 15.2 Å². The number of amides is 1. The summed E-state index contributed by atoms with van der Waals surface area (Å²) in [5.74, 6) is -0.396. The van der Waals surface area contributed by atoms with Crippen LogP contribution >= 0.6 is 23.2 Å². The van der Waals surface area contributed by atoms with Gasteiger partial charge >= 0.3 is 6.61 Å². The first-order chi connectivity index (χ1) is 13.7. The van der Waals surface area contributed by atoms with E-state index in [4.69, 9.17) is 23.2 Å². The Hall–Kier alpha value is -2.64. The average molecular weight is 440 g/mol. The maximum Gasteiger partial charge on any atom is 0.387 e. The molecule has 152 valence electrons. The summed E-state index contributed by atoms with van der Waals surface area (Å²) < 4.78 is 30.5. The summed E-state index contributed by atoms with van der Waals surface area (Å²) >= 11 is 12.0. The Morgan fingerprint density at radius 1 is 1.14 bits per heavy atom. The number of rotatable bonds is 6. The first kappa shape index (κ1) is 21.1. The molecule has 0 bridgehead atoms. The third-order valence-corrected chi connectivity index (χ3v) is 5.02. The van der Waals surface area contributed by atoms with Gasteiger partial charge in [-0.05, 0) is 55.8 Å². The third kappa shape index (κ3) is 5.05. The number of ether oxygens (including phenoxy) is 1. The van der Waals surface area contributed by atoms with Crippen LogP contribution in [-0.4, -0.2) is 22.3 Å². The Kier molecular flexibility index (Phi) is 6.39. The van der Waals surface area contributed by atoms with E-state index in [0.717, 1.165) is 11.3 Å². The number of benzene rings is 2.